The van der Waals surface area contributed by atoms with Gasteiger partial charge < -0.3 is 9.64 Å². The molecule has 0 saturated heterocycles. The quantitative estimate of drug-likeness (QED) is 0.578. The molecule has 0 radical (unpaired) electrons. The van der Waals surface area contributed by atoms with E-state index in [1.54, 1.807) is 6.07 Å². The van der Waals surface area contributed by atoms with Crippen molar-refractivity contribution in [1.29, 1.82) is 0 Å². The van der Waals surface area contributed by atoms with Crippen molar-refractivity contribution in [2.75, 3.05) is 20.2 Å². The van der Waals surface area contributed by atoms with E-state index in [1.165, 1.54) is 0 Å². The van der Waals surface area contributed by atoms with Crippen molar-refractivity contribution >= 4 is 41.0 Å². The third-order valence-corrected chi connectivity index (χ3v) is 3.59. The van der Waals surface area contributed by atoms with Crippen LogP contribution in [0.15, 0.2) is 24.3 Å². The highest BCUT2D eigenvalue weighted by atomic mass is 127. The largest absolute Gasteiger partial charge is 0.461 e. The van der Waals surface area contributed by atoms with Gasteiger partial charge in [-0.2, -0.15) is 0 Å². The van der Waals surface area contributed by atoms with Crippen LogP contribution >= 0.6 is 35.0 Å². The molecule has 0 amide bonds. The fourth-order valence-corrected chi connectivity index (χ4v) is 1.85. The number of hydrogen-bond donors (Lipinski definition) is 0. The van der Waals surface area contributed by atoms with E-state index in [2.05, 4.69) is 41.3 Å². The maximum atomic E-state index is 11.8. The van der Waals surface area contributed by atoms with Gasteiger partial charge in [0, 0.05) is 16.2 Å². The van der Waals surface area contributed by atoms with Gasteiger partial charge in [-0.05, 0) is 55.6 Å². The van der Waals surface area contributed by atoms with Crippen molar-refractivity contribution in [3.8, 4) is 0 Å². The standard InChI is InChI=1S/C13H18INO2.ClH/c1-10(2)15(3)8-9-17-13(16)11-6-4-5-7-12(11)14;/h4-7,10H,8-9H2,1-3H3;1H. The van der Waals surface area contributed by atoms with Crippen LogP contribution in [0.2, 0.25) is 0 Å². The maximum absolute atomic E-state index is 11.8. The molecule has 0 unspecified atom stereocenters. The normalized spacial score (nSPS) is 10.3. The number of halogens is 2. The van der Waals surface area contributed by atoms with E-state index in [-0.39, 0.29) is 18.4 Å². The molecule has 1 aromatic carbocycles. The van der Waals surface area contributed by atoms with Crippen LogP contribution in [-0.4, -0.2) is 37.1 Å². The highest BCUT2D eigenvalue weighted by Crippen LogP contribution is 2.12. The van der Waals surface area contributed by atoms with Gasteiger partial charge in [-0.25, -0.2) is 4.79 Å². The van der Waals surface area contributed by atoms with Gasteiger partial charge in [-0.3, -0.25) is 0 Å². The van der Waals surface area contributed by atoms with Crippen molar-refractivity contribution in [1.82, 2.24) is 4.90 Å². The van der Waals surface area contributed by atoms with Gasteiger partial charge >= 0.3 is 5.97 Å². The zero-order valence-electron chi connectivity index (χ0n) is 10.9. The molecular formula is C13H19ClINO2. The van der Waals surface area contributed by atoms with Crippen LogP contribution < -0.4 is 0 Å². The summed E-state index contributed by atoms with van der Waals surface area (Å²) in [6, 6.07) is 7.91. The topological polar surface area (TPSA) is 29.5 Å². The van der Waals surface area contributed by atoms with Gasteiger partial charge in [0.25, 0.3) is 0 Å². The van der Waals surface area contributed by atoms with E-state index in [1.807, 2.05) is 25.2 Å². The number of hydrogen-bond acceptors (Lipinski definition) is 3. The second-order valence-electron chi connectivity index (χ2n) is 4.19. The lowest BCUT2D eigenvalue weighted by atomic mass is 10.2. The molecular weight excluding hydrogens is 365 g/mol. The third-order valence-electron chi connectivity index (χ3n) is 2.65. The summed E-state index contributed by atoms with van der Waals surface area (Å²) in [5.74, 6) is -0.243. The summed E-state index contributed by atoms with van der Waals surface area (Å²) >= 11 is 2.14. The molecule has 102 valence electrons. The molecule has 0 saturated carbocycles. The molecule has 5 heteroatoms. The molecule has 0 aromatic heterocycles. The van der Waals surface area contributed by atoms with Crippen LogP contribution in [0.5, 0.6) is 0 Å². The zero-order chi connectivity index (χ0) is 12.8. The molecule has 1 aromatic rings. The molecule has 0 spiro atoms. The SMILES string of the molecule is CC(C)N(C)CCOC(=O)c1ccccc1I.Cl. The predicted octanol–water partition coefficient (Wildman–Crippen LogP) is 3.21. The molecule has 0 N–H and O–H groups in total. The van der Waals surface area contributed by atoms with Crippen LogP contribution in [-0.2, 0) is 4.74 Å². The molecule has 3 nitrogen and oxygen atoms in total. The molecule has 1 rings (SSSR count). The Bertz CT molecular complexity index is 385. The van der Waals surface area contributed by atoms with E-state index in [0.29, 0.717) is 18.2 Å². The molecule has 0 aliphatic heterocycles. The molecule has 0 aliphatic rings. The lowest BCUT2D eigenvalue weighted by molar-refractivity contribution is 0.0459. The fourth-order valence-electron chi connectivity index (χ4n) is 1.25. The average molecular weight is 384 g/mol. The number of carbonyl (C=O) groups excluding carboxylic acids is 1. The van der Waals surface area contributed by atoms with Crippen molar-refractivity contribution in [3.05, 3.63) is 33.4 Å². The summed E-state index contributed by atoms with van der Waals surface area (Å²) in [6.45, 7) is 5.41. The number of ether oxygens (including phenoxy) is 1. The Morgan fingerprint density at radius 1 is 1.39 bits per heavy atom. The molecule has 0 atom stereocenters. The van der Waals surface area contributed by atoms with Crippen LogP contribution in [0.3, 0.4) is 0 Å². The zero-order valence-corrected chi connectivity index (χ0v) is 13.8. The number of nitrogens with zero attached hydrogens (tertiary/aromatic N) is 1. The van der Waals surface area contributed by atoms with Gasteiger partial charge in [0.2, 0.25) is 0 Å². The van der Waals surface area contributed by atoms with E-state index in [4.69, 9.17) is 4.74 Å². The first kappa shape index (κ1) is 17.7. The second kappa shape index (κ2) is 8.72. The third kappa shape index (κ3) is 5.54. The predicted molar refractivity (Wildman–Crippen MR) is 84.5 cm³/mol. The van der Waals surface area contributed by atoms with Crippen LogP contribution in [0.1, 0.15) is 24.2 Å². The first-order valence-electron chi connectivity index (χ1n) is 5.64. The second-order valence-corrected chi connectivity index (χ2v) is 5.35. The minimum Gasteiger partial charge on any atom is -0.461 e. The summed E-state index contributed by atoms with van der Waals surface area (Å²) in [7, 11) is 2.02. The number of benzene rings is 1. The lowest BCUT2D eigenvalue weighted by Crippen LogP contribution is -2.30. The monoisotopic (exact) mass is 383 g/mol. The summed E-state index contributed by atoms with van der Waals surface area (Å²) < 4.78 is 6.17. The number of carbonyl (C=O) groups is 1. The highest BCUT2D eigenvalue weighted by molar-refractivity contribution is 14.1. The van der Waals surface area contributed by atoms with Gasteiger partial charge in [0.15, 0.2) is 0 Å². The van der Waals surface area contributed by atoms with E-state index >= 15 is 0 Å². The van der Waals surface area contributed by atoms with Crippen molar-refractivity contribution < 1.29 is 9.53 Å². The van der Waals surface area contributed by atoms with Gasteiger partial charge in [-0.15, -0.1) is 12.4 Å². The van der Waals surface area contributed by atoms with Crippen molar-refractivity contribution in [3.63, 3.8) is 0 Å². The first-order valence-corrected chi connectivity index (χ1v) is 6.72. The van der Waals surface area contributed by atoms with Gasteiger partial charge in [0.1, 0.15) is 6.61 Å². The summed E-state index contributed by atoms with van der Waals surface area (Å²) in [6.07, 6.45) is 0. The lowest BCUT2D eigenvalue weighted by Gasteiger charge is -2.20. The number of esters is 1. The minimum absolute atomic E-state index is 0. The van der Waals surface area contributed by atoms with Crippen molar-refractivity contribution in [2.24, 2.45) is 0 Å². The van der Waals surface area contributed by atoms with Crippen LogP contribution in [0, 0.1) is 3.57 Å². The average Bonchev–Trinajstić information content (AvgIpc) is 2.29. The van der Waals surface area contributed by atoms with Crippen LogP contribution in [0.4, 0.5) is 0 Å². The van der Waals surface area contributed by atoms with Crippen LogP contribution in [0.25, 0.3) is 0 Å². The Labute approximate surface area is 128 Å². The van der Waals surface area contributed by atoms with Gasteiger partial charge in [-0.1, -0.05) is 12.1 Å². The number of likely N-dealkylation sites (N-methyl/N-ethyl adjacent to an activating group) is 1. The molecule has 0 bridgehead atoms. The van der Waals surface area contributed by atoms with E-state index in [9.17, 15) is 4.79 Å². The molecule has 0 aliphatic carbocycles. The Hall–Kier alpha value is -0.330. The Morgan fingerprint density at radius 2 is 2.00 bits per heavy atom. The molecule has 18 heavy (non-hydrogen) atoms. The molecule has 0 heterocycles. The molecule has 0 fully saturated rings. The summed E-state index contributed by atoms with van der Waals surface area (Å²) in [4.78, 5) is 13.9. The highest BCUT2D eigenvalue weighted by Gasteiger charge is 2.11. The fraction of sp³-hybridized carbons (Fsp3) is 0.462. The van der Waals surface area contributed by atoms with Gasteiger partial charge in [0.05, 0.1) is 5.56 Å². The van der Waals surface area contributed by atoms with Crippen molar-refractivity contribution in [2.45, 2.75) is 19.9 Å². The number of rotatable bonds is 5. The van der Waals surface area contributed by atoms with E-state index < -0.39 is 0 Å². The summed E-state index contributed by atoms with van der Waals surface area (Å²) in [5.41, 5.74) is 0.639. The maximum Gasteiger partial charge on any atom is 0.339 e. The Kier molecular flexibility index (Phi) is 8.56. The smallest absolute Gasteiger partial charge is 0.339 e. The Balaban J connectivity index is 0.00000289. The first-order chi connectivity index (χ1) is 8.02. The van der Waals surface area contributed by atoms with E-state index in [0.717, 1.165) is 10.1 Å². The summed E-state index contributed by atoms with van der Waals surface area (Å²) in [5, 5.41) is 0. The minimum atomic E-state index is -0.243. The Morgan fingerprint density at radius 3 is 2.56 bits per heavy atom.